The highest BCUT2D eigenvalue weighted by Gasteiger charge is 2.33. The van der Waals surface area contributed by atoms with Crippen molar-refractivity contribution in [3.05, 3.63) is 35.4 Å². The number of carbonyl (C=O) groups is 1. The lowest BCUT2D eigenvalue weighted by molar-refractivity contribution is 0.0909. The first-order valence-electron chi connectivity index (χ1n) is 6.78. The average Bonchev–Trinajstić information content (AvgIpc) is 2.35. The van der Waals surface area contributed by atoms with E-state index in [1.54, 1.807) is 13.2 Å². The zero-order chi connectivity index (χ0) is 14.5. The zero-order valence-electron chi connectivity index (χ0n) is 12.0. The number of benzene rings is 2. The zero-order valence-corrected chi connectivity index (χ0v) is 12.0. The van der Waals surface area contributed by atoms with Crippen molar-refractivity contribution >= 4 is 16.6 Å². The van der Waals surface area contributed by atoms with Crippen molar-refractivity contribution < 1.29 is 14.6 Å². The van der Waals surface area contributed by atoms with Crippen LogP contribution in [0.1, 0.15) is 36.2 Å². The summed E-state index contributed by atoms with van der Waals surface area (Å²) < 4.78 is 5.30. The number of hydrogen-bond donors (Lipinski definition) is 1. The summed E-state index contributed by atoms with van der Waals surface area (Å²) in [6.07, 6.45) is 1.27. The number of carbonyl (C=O) groups excluding carboxylic acids is 1. The van der Waals surface area contributed by atoms with E-state index in [0.29, 0.717) is 23.1 Å². The molecule has 0 atom stereocenters. The summed E-state index contributed by atoms with van der Waals surface area (Å²) in [5.74, 6) is 0.678. The van der Waals surface area contributed by atoms with E-state index in [4.69, 9.17) is 4.74 Å². The molecule has 0 unspecified atom stereocenters. The Morgan fingerprint density at radius 1 is 1.25 bits per heavy atom. The van der Waals surface area contributed by atoms with E-state index >= 15 is 0 Å². The summed E-state index contributed by atoms with van der Waals surface area (Å²) >= 11 is 0. The Labute approximate surface area is 118 Å². The third-order valence-corrected chi connectivity index (χ3v) is 3.99. The van der Waals surface area contributed by atoms with Crippen LogP contribution >= 0.6 is 0 Å². The van der Waals surface area contributed by atoms with Gasteiger partial charge in [-0.05, 0) is 34.9 Å². The highest BCUT2D eigenvalue weighted by atomic mass is 16.5. The van der Waals surface area contributed by atoms with Crippen LogP contribution in [0.15, 0.2) is 24.3 Å². The van der Waals surface area contributed by atoms with Crippen molar-refractivity contribution in [1.29, 1.82) is 0 Å². The molecule has 1 N–H and O–H groups in total. The molecule has 2 aromatic rings. The summed E-state index contributed by atoms with van der Waals surface area (Å²) in [6, 6.07) is 7.63. The van der Waals surface area contributed by atoms with Gasteiger partial charge in [0.15, 0.2) is 5.78 Å². The SMILES string of the molecule is COc1cccc2cc3c(c(O)c12)C(=O)CC(C)(C)C3. The molecule has 0 aliphatic heterocycles. The van der Waals surface area contributed by atoms with Gasteiger partial charge in [0.05, 0.1) is 18.1 Å². The first-order valence-corrected chi connectivity index (χ1v) is 6.78. The molecule has 0 amide bonds. The minimum absolute atomic E-state index is 0.0153. The second-order valence-corrected chi connectivity index (χ2v) is 6.26. The van der Waals surface area contributed by atoms with Gasteiger partial charge in [-0.25, -0.2) is 0 Å². The molecule has 0 fully saturated rings. The fourth-order valence-electron chi connectivity index (χ4n) is 3.18. The lowest BCUT2D eigenvalue weighted by Gasteiger charge is -2.31. The summed E-state index contributed by atoms with van der Waals surface area (Å²) in [7, 11) is 1.57. The topological polar surface area (TPSA) is 46.5 Å². The maximum Gasteiger partial charge on any atom is 0.167 e. The van der Waals surface area contributed by atoms with Crippen molar-refractivity contribution in [2.45, 2.75) is 26.7 Å². The summed E-state index contributed by atoms with van der Waals surface area (Å²) in [6.45, 7) is 4.17. The first-order chi connectivity index (χ1) is 9.43. The Kier molecular flexibility index (Phi) is 2.75. The highest BCUT2D eigenvalue weighted by molar-refractivity contribution is 6.08. The fourth-order valence-corrected chi connectivity index (χ4v) is 3.18. The monoisotopic (exact) mass is 270 g/mol. The highest BCUT2D eigenvalue weighted by Crippen LogP contribution is 2.44. The Balaban J connectivity index is 2.35. The standard InChI is InChI=1S/C17H18O3/c1-17(2)8-11-7-10-5-4-6-13(20-3)15(10)16(19)14(11)12(18)9-17/h4-7,19H,8-9H2,1-3H3. The van der Waals surface area contributed by atoms with Crippen LogP contribution in [0.5, 0.6) is 11.5 Å². The van der Waals surface area contributed by atoms with E-state index in [1.807, 2.05) is 18.2 Å². The lowest BCUT2D eigenvalue weighted by atomic mass is 9.73. The summed E-state index contributed by atoms with van der Waals surface area (Å²) in [4.78, 5) is 12.4. The van der Waals surface area contributed by atoms with Gasteiger partial charge in [0.2, 0.25) is 0 Å². The van der Waals surface area contributed by atoms with Crippen molar-refractivity contribution in [3.63, 3.8) is 0 Å². The lowest BCUT2D eigenvalue weighted by Crippen LogP contribution is -2.27. The molecular weight excluding hydrogens is 252 g/mol. The molecule has 0 saturated carbocycles. The number of methoxy groups -OCH3 is 1. The maximum absolute atomic E-state index is 12.4. The average molecular weight is 270 g/mol. The number of ether oxygens (including phenoxy) is 1. The number of rotatable bonds is 1. The van der Waals surface area contributed by atoms with E-state index in [-0.39, 0.29) is 16.9 Å². The maximum atomic E-state index is 12.4. The molecule has 1 aliphatic carbocycles. The second kappa shape index (κ2) is 4.23. The molecule has 104 valence electrons. The van der Waals surface area contributed by atoms with Crippen LogP contribution in [0.25, 0.3) is 10.8 Å². The van der Waals surface area contributed by atoms with E-state index < -0.39 is 0 Å². The minimum Gasteiger partial charge on any atom is -0.506 e. The van der Waals surface area contributed by atoms with Crippen LogP contribution in [0.2, 0.25) is 0 Å². The molecule has 0 aromatic heterocycles. The Morgan fingerprint density at radius 2 is 2.00 bits per heavy atom. The Hall–Kier alpha value is -2.03. The van der Waals surface area contributed by atoms with Gasteiger partial charge in [-0.1, -0.05) is 26.0 Å². The van der Waals surface area contributed by atoms with Crippen molar-refractivity contribution in [1.82, 2.24) is 0 Å². The largest absolute Gasteiger partial charge is 0.506 e. The molecule has 3 nitrogen and oxygen atoms in total. The van der Waals surface area contributed by atoms with Gasteiger partial charge in [-0.15, -0.1) is 0 Å². The normalized spacial score (nSPS) is 17.1. The first kappa shape index (κ1) is 13.0. The molecule has 3 heteroatoms. The number of phenols is 1. The predicted molar refractivity (Wildman–Crippen MR) is 78.6 cm³/mol. The minimum atomic E-state index is -0.0525. The number of Topliss-reactive ketones (excluding diaryl/α,β-unsaturated/α-hetero) is 1. The molecule has 0 bridgehead atoms. The molecule has 1 aliphatic rings. The van der Waals surface area contributed by atoms with E-state index in [9.17, 15) is 9.90 Å². The number of ketones is 1. The van der Waals surface area contributed by atoms with Gasteiger partial charge in [0.1, 0.15) is 11.5 Å². The molecular formula is C17H18O3. The van der Waals surface area contributed by atoms with Gasteiger partial charge in [-0.2, -0.15) is 0 Å². The smallest absolute Gasteiger partial charge is 0.167 e. The van der Waals surface area contributed by atoms with Crippen LogP contribution < -0.4 is 4.74 Å². The predicted octanol–water partition coefficient (Wildman–Crippen LogP) is 3.71. The van der Waals surface area contributed by atoms with Crippen molar-refractivity contribution in [2.24, 2.45) is 5.41 Å². The number of phenolic OH excluding ortho intramolecular Hbond substituents is 1. The van der Waals surface area contributed by atoms with Gasteiger partial charge in [-0.3, -0.25) is 4.79 Å². The van der Waals surface area contributed by atoms with Crippen molar-refractivity contribution in [3.8, 4) is 11.5 Å². The van der Waals surface area contributed by atoms with Gasteiger partial charge in [0.25, 0.3) is 0 Å². The molecule has 2 aromatic carbocycles. The van der Waals surface area contributed by atoms with Crippen LogP contribution in [0.4, 0.5) is 0 Å². The van der Waals surface area contributed by atoms with Gasteiger partial charge >= 0.3 is 0 Å². The Bertz CT molecular complexity index is 714. The molecule has 0 spiro atoms. The number of fused-ring (bicyclic) bond motifs is 2. The molecule has 0 saturated heterocycles. The van der Waals surface area contributed by atoms with E-state index in [0.717, 1.165) is 17.4 Å². The van der Waals surface area contributed by atoms with Crippen LogP contribution in [-0.4, -0.2) is 18.0 Å². The third-order valence-electron chi connectivity index (χ3n) is 3.99. The third kappa shape index (κ3) is 1.85. The van der Waals surface area contributed by atoms with Crippen molar-refractivity contribution in [2.75, 3.05) is 7.11 Å². The summed E-state index contributed by atoms with van der Waals surface area (Å²) in [5.41, 5.74) is 1.36. The summed E-state index contributed by atoms with van der Waals surface area (Å²) in [5, 5.41) is 12.1. The number of aromatic hydroxyl groups is 1. The molecule has 0 heterocycles. The van der Waals surface area contributed by atoms with Gasteiger partial charge in [0, 0.05) is 6.42 Å². The second-order valence-electron chi connectivity index (χ2n) is 6.26. The van der Waals surface area contributed by atoms with Crippen LogP contribution in [-0.2, 0) is 6.42 Å². The van der Waals surface area contributed by atoms with Gasteiger partial charge < -0.3 is 9.84 Å². The van der Waals surface area contributed by atoms with Crippen LogP contribution in [0.3, 0.4) is 0 Å². The quantitative estimate of drug-likeness (QED) is 0.859. The van der Waals surface area contributed by atoms with E-state index in [1.165, 1.54) is 0 Å². The molecule has 20 heavy (non-hydrogen) atoms. The number of hydrogen-bond acceptors (Lipinski definition) is 3. The molecule has 3 rings (SSSR count). The Morgan fingerprint density at radius 3 is 2.70 bits per heavy atom. The van der Waals surface area contributed by atoms with E-state index in [2.05, 4.69) is 13.8 Å². The van der Waals surface area contributed by atoms with Crippen LogP contribution in [0, 0.1) is 5.41 Å². The molecule has 0 radical (unpaired) electrons. The fraction of sp³-hybridized carbons (Fsp3) is 0.353.